The van der Waals surface area contributed by atoms with Crippen molar-refractivity contribution in [2.75, 3.05) is 23.7 Å². The van der Waals surface area contributed by atoms with Gasteiger partial charge in [0.05, 0.1) is 5.52 Å². The fourth-order valence-electron chi connectivity index (χ4n) is 2.40. The van der Waals surface area contributed by atoms with Crippen LogP contribution in [0.5, 0.6) is 0 Å². The number of nitrogens with one attached hydrogen (secondary N) is 2. The molecule has 0 amide bonds. The first-order chi connectivity index (χ1) is 11.6. The van der Waals surface area contributed by atoms with E-state index in [0.29, 0.717) is 16.1 Å². The second kappa shape index (κ2) is 7.64. The van der Waals surface area contributed by atoms with Gasteiger partial charge in [0.25, 0.3) is 0 Å². The smallest absolute Gasteiger partial charge is 0.224 e. The Hall–Kier alpha value is -2.11. The minimum Gasteiger partial charge on any atom is -0.384 e. The summed E-state index contributed by atoms with van der Waals surface area (Å²) < 4.78 is 0. The molecular formula is C17H17Cl2N5. The van der Waals surface area contributed by atoms with Gasteiger partial charge in [-0.25, -0.2) is 9.97 Å². The number of benzene rings is 1. The van der Waals surface area contributed by atoms with Crippen LogP contribution in [0, 0.1) is 6.92 Å². The van der Waals surface area contributed by atoms with Gasteiger partial charge in [0.2, 0.25) is 5.95 Å². The topological polar surface area (TPSA) is 62.7 Å². The van der Waals surface area contributed by atoms with Gasteiger partial charge in [0.15, 0.2) is 0 Å². The van der Waals surface area contributed by atoms with Crippen molar-refractivity contribution in [1.29, 1.82) is 0 Å². The molecule has 0 atom stereocenters. The number of hydrogen-bond acceptors (Lipinski definition) is 5. The summed E-state index contributed by atoms with van der Waals surface area (Å²) in [6.07, 6.45) is 2.69. The summed E-state index contributed by atoms with van der Waals surface area (Å²) >= 11 is 11.9. The van der Waals surface area contributed by atoms with Gasteiger partial charge in [-0.1, -0.05) is 23.2 Å². The Bertz CT molecular complexity index is 833. The van der Waals surface area contributed by atoms with E-state index >= 15 is 0 Å². The molecule has 7 heteroatoms. The third-order valence-electron chi connectivity index (χ3n) is 3.48. The molecule has 0 aliphatic carbocycles. The number of anilines is 2. The zero-order valence-electron chi connectivity index (χ0n) is 13.2. The molecule has 0 saturated carbocycles. The highest BCUT2D eigenvalue weighted by Crippen LogP contribution is 2.24. The van der Waals surface area contributed by atoms with Crippen LogP contribution < -0.4 is 10.6 Å². The molecule has 24 heavy (non-hydrogen) atoms. The number of aryl methyl sites for hydroxylation is 1. The van der Waals surface area contributed by atoms with Gasteiger partial charge in [-0.15, -0.1) is 0 Å². The molecule has 2 heterocycles. The van der Waals surface area contributed by atoms with E-state index in [2.05, 4.69) is 25.6 Å². The number of rotatable bonds is 6. The second-order valence-corrected chi connectivity index (χ2v) is 6.21. The normalized spacial score (nSPS) is 10.8. The van der Waals surface area contributed by atoms with Crippen LogP contribution in [0.25, 0.3) is 10.9 Å². The zero-order chi connectivity index (χ0) is 16.9. The van der Waals surface area contributed by atoms with Crippen molar-refractivity contribution >= 4 is 45.7 Å². The summed E-state index contributed by atoms with van der Waals surface area (Å²) in [6, 6.07) is 9.41. The minimum atomic E-state index is 0.449. The lowest BCUT2D eigenvalue weighted by molar-refractivity contribution is 0.893. The summed E-state index contributed by atoms with van der Waals surface area (Å²) in [6.45, 7) is 3.46. The van der Waals surface area contributed by atoms with Crippen molar-refractivity contribution in [3.8, 4) is 0 Å². The van der Waals surface area contributed by atoms with Crippen LogP contribution in [0.15, 0.2) is 36.5 Å². The Morgan fingerprint density at radius 1 is 1.00 bits per heavy atom. The first kappa shape index (κ1) is 16.7. The van der Waals surface area contributed by atoms with Gasteiger partial charge in [-0.2, -0.15) is 0 Å². The van der Waals surface area contributed by atoms with Crippen molar-refractivity contribution in [3.05, 3.63) is 52.4 Å². The number of halogens is 2. The summed E-state index contributed by atoms with van der Waals surface area (Å²) in [5.41, 5.74) is 2.78. The molecule has 5 nitrogen and oxygen atoms in total. The molecule has 0 saturated heterocycles. The van der Waals surface area contributed by atoms with Gasteiger partial charge < -0.3 is 10.6 Å². The minimum absolute atomic E-state index is 0.449. The maximum absolute atomic E-state index is 6.01. The molecule has 0 unspecified atom stereocenters. The molecule has 3 rings (SSSR count). The van der Waals surface area contributed by atoms with Gasteiger partial charge in [0, 0.05) is 41.1 Å². The third kappa shape index (κ3) is 4.24. The Morgan fingerprint density at radius 3 is 2.67 bits per heavy atom. The van der Waals surface area contributed by atoms with E-state index in [4.69, 9.17) is 23.2 Å². The van der Waals surface area contributed by atoms with E-state index in [1.165, 1.54) is 0 Å². The molecule has 0 fully saturated rings. The van der Waals surface area contributed by atoms with Gasteiger partial charge in [-0.3, -0.25) is 4.98 Å². The monoisotopic (exact) mass is 361 g/mol. The average molecular weight is 362 g/mol. The van der Waals surface area contributed by atoms with Gasteiger partial charge >= 0.3 is 0 Å². The van der Waals surface area contributed by atoms with Crippen LogP contribution in [0.3, 0.4) is 0 Å². The molecular weight excluding hydrogens is 345 g/mol. The molecule has 0 bridgehead atoms. The molecule has 2 N–H and O–H groups in total. The lowest BCUT2D eigenvalue weighted by Gasteiger charge is -2.10. The van der Waals surface area contributed by atoms with Crippen molar-refractivity contribution in [2.45, 2.75) is 13.3 Å². The van der Waals surface area contributed by atoms with E-state index in [-0.39, 0.29) is 0 Å². The van der Waals surface area contributed by atoms with Crippen LogP contribution in [-0.4, -0.2) is 28.0 Å². The molecule has 3 aromatic rings. The summed E-state index contributed by atoms with van der Waals surface area (Å²) in [5.74, 6) is 0.559. The first-order valence-electron chi connectivity index (χ1n) is 7.65. The fourth-order valence-corrected chi connectivity index (χ4v) is 2.80. The Labute approximate surface area is 150 Å². The number of pyridine rings is 1. The van der Waals surface area contributed by atoms with E-state index in [1.807, 2.05) is 31.2 Å². The number of aromatic nitrogens is 3. The molecule has 124 valence electrons. The van der Waals surface area contributed by atoms with Crippen molar-refractivity contribution < 1.29 is 0 Å². The Morgan fingerprint density at radius 2 is 1.83 bits per heavy atom. The fraction of sp³-hybridized carbons (Fsp3) is 0.235. The SMILES string of the molecule is Cc1cc(Cl)nc(NCCCNc2ccnc3cc(Cl)ccc23)n1. The van der Waals surface area contributed by atoms with Gasteiger partial charge in [-0.05, 0) is 43.7 Å². The Balaban J connectivity index is 1.53. The van der Waals surface area contributed by atoms with Crippen molar-refractivity contribution in [2.24, 2.45) is 0 Å². The van der Waals surface area contributed by atoms with Crippen LogP contribution in [0.4, 0.5) is 11.6 Å². The summed E-state index contributed by atoms with van der Waals surface area (Å²) in [4.78, 5) is 12.8. The highest BCUT2D eigenvalue weighted by molar-refractivity contribution is 6.31. The summed E-state index contributed by atoms with van der Waals surface area (Å²) in [7, 11) is 0. The number of hydrogen-bond donors (Lipinski definition) is 2. The van der Waals surface area contributed by atoms with E-state index in [9.17, 15) is 0 Å². The van der Waals surface area contributed by atoms with Crippen molar-refractivity contribution in [3.63, 3.8) is 0 Å². The molecule has 0 aliphatic rings. The largest absolute Gasteiger partial charge is 0.384 e. The third-order valence-corrected chi connectivity index (χ3v) is 3.91. The predicted molar refractivity (Wildman–Crippen MR) is 100 cm³/mol. The van der Waals surface area contributed by atoms with E-state index in [1.54, 1.807) is 12.3 Å². The molecule has 0 spiro atoms. The van der Waals surface area contributed by atoms with Crippen LogP contribution in [0.1, 0.15) is 12.1 Å². The van der Waals surface area contributed by atoms with Crippen LogP contribution >= 0.6 is 23.2 Å². The standard InChI is InChI=1S/C17H17Cl2N5/c1-11-9-16(19)24-17(23-11)22-7-2-6-20-14-5-8-21-15-10-12(18)3-4-13(14)15/h3-5,8-10H,2,6-7H2,1H3,(H,20,21)(H,22,23,24). The highest BCUT2D eigenvalue weighted by Gasteiger charge is 2.03. The van der Waals surface area contributed by atoms with E-state index in [0.717, 1.165) is 41.8 Å². The quantitative estimate of drug-likeness (QED) is 0.497. The second-order valence-electron chi connectivity index (χ2n) is 5.38. The van der Waals surface area contributed by atoms with Crippen LogP contribution in [0.2, 0.25) is 10.2 Å². The maximum atomic E-state index is 6.01. The average Bonchev–Trinajstić information content (AvgIpc) is 2.53. The zero-order valence-corrected chi connectivity index (χ0v) is 14.7. The molecule has 0 radical (unpaired) electrons. The van der Waals surface area contributed by atoms with Crippen molar-refractivity contribution in [1.82, 2.24) is 15.0 Å². The number of fused-ring (bicyclic) bond motifs is 1. The molecule has 0 aliphatic heterocycles. The predicted octanol–water partition coefficient (Wildman–Crippen LogP) is 4.55. The Kier molecular flexibility index (Phi) is 5.33. The lowest BCUT2D eigenvalue weighted by atomic mass is 10.2. The molecule has 2 aromatic heterocycles. The van der Waals surface area contributed by atoms with Gasteiger partial charge in [0.1, 0.15) is 5.15 Å². The summed E-state index contributed by atoms with van der Waals surface area (Å²) in [5, 5.41) is 8.80. The van der Waals surface area contributed by atoms with E-state index < -0.39 is 0 Å². The maximum Gasteiger partial charge on any atom is 0.224 e. The lowest BCUT2D eigenvalue weighted by Crippen LogP contribution is -2.11. The first-order valence-corrected chi connectivity index (χ1v) is 8.40. The molecule has 1 aromatic carbocycles. The van der Waals surface area contributed by atoms with Crippen LogP contribution in [-0.2, 0) is 0 Å². The number of nitrogens with zero attached hydrogens (tertiary/aromatic N) is 3. The highest BCUT2D eigenvalue weighted by atomic mass is 35.5.